The molecule has 1 aromatic rings. The van der Waals surface area contributed by atoms with Crippen molar-refractivity contribution in [3.63, 3.8) is 0 Å². The fourth-order valence-corrected chi connectivity index (χ4v) is 2.02. The highest BCUT2D eigenvalue weighted by Crippen LogP contribution is 2.29. The van der Waals surface area contributed by atoms with Gasteiger partial charge in [-0.25, -0.2) is 0 Å². The largest absolute Gasteiger partial charge is 0.495 e. The second-order valence-electron chi connectivity index (χ2n) is 4.47. The third kappa shape index (κ3) is 2.60. The number of methoxy groups -OCH3 is 1. The Morgan fingerprint density at radius 1 is 1.44 bits per heavy atom. The minimum Gasteiger partial charge on any atom is -0.495 e. The van der Waals surface area contributed by atoms with Crippen molar-refractivity contribution in [2.24, 2.45) is 5.92 Å². The Hall–Kier alpha value is -1.38. The molecule has 3 N–H and O–H groups in total. The molecule has 3 heteroatoms. The zero-order chi connectivity index (χ0) is 11.4. The highest BCUT2D eigenvalue weighted by molar-refractivity contribution is 5.61. The molecule has 1 aliphatic rings. The van der Waals surface area contributed by atoms with Crippen LogP contribution < -0.4 is 15.8 Å². The monoisotopic (exact) mass is 220 g/mol. The molecular weight excluding hydrogens is 200 g/mol. The molecule has 0 aliphatic heterocycles. The summed E-state index contributed by atoms with van der Waals surface area (Å²) in [4.78, 5) is 0. The molecule has 0 heterocycles. The van der Waals surface area contributed by atoms with Crippen molar-refractivity contribution >= 4 is 11.4 Å². The maximum absolute atomic E-state index is 5.75. The van der Waals surface area contributed by atoms with Gasteiger partial charge in [-0.2, -0.15) is 0 Å². The molecule has 0 aromatic heterocycles. The first-order valence-electron chi connectivity index (χ1n) is 5.97. The molecule has 16 heavy (non-hydrogen) atoms. The SMILES string of the molecule is COc1cc(NCCC2CCC2)ccc1N. The number of rotatable bonds is 5. The lowest BCUT2D eigenvalue weighted by Crippen LogP contribution is -2.15. The van der Waals surface area contributed by atoms with Crippen LogP contribution in [0, 0.1) is 5.92 Å². The molecule has 1 aromatic carbocycles. The fourth-order valence-electron chi connectivity index (χ4n) is 2.02. The Morgan fingerprint density at radius 2 is 2.25 bits per heavy atom. The molecule has 1 fully saturated rings. The number of nitrogen functional groups attached to an aromatic ring is 1. The van der Waals surface area contributed by atoms with Crippen molar-refractivity contribution in [2.45, 2.75) is 25.7 Å². The van der Waals surface area contributed by atoms with Gasteiger partial charge < -0.3 is 15.8 Å². The van der Waals surface area contributed by atoms with E-state index in [1.165, 1.54) is 25.7 Å². The number of nitrogens with one attached hydrogen (secondary N) is 1. The second kappa shape index (κ2) is 5.10. The van der Waals surface area contributed by atoms with Gasteiger partial charge in [-0.15, -0.1) is 0 Å². The fraction of sp³-hybridized carbons (Fsp3) is 0.538. The van der Waals surface area contributed by atoms with Crippen LogP contribution in [0.1, 0.15) is 25.7 Å². The van der Waals surface area contributed by atoms with E-state index in [-0.39, 0.29) is 0 Å². The van der Waals surface area contributed by atoms with Crippen molar-refractivity contribution in [3.8, 4) is 5.75 Å². The Bertz CT molecular complexity index is 348. The summed E-state index contributed by atoms with van der Waals surface area (Å²) in [5, 5.41) is 3.41. The van der Waals surface area contributed by atoms with E-state index in [2.05, 4.69) is 5.32 Å². The minimum absolute atomic E-state index is 0.687. The standard InChI is InChI=1S/C13H20N2O/c1-16-13-9-11(5-6-12(13)14)15-8-7-10-3-2-4-10/h5-6,9-10,15H,2-4,7-8,14H2,1H3. The Kier molecular flexibility index (Phi) is 3.54. The van der Waals surface area contributed by atoms with Crippen LogP contribution in [-0.4, -0.2) is 13.7 Å². The summed E-state index contributed by atoms with van der Waals surface area (Å²) in [5.74, 6) is 1.69. The molecule has 2 rings (SSSR count). The molecule has 0 bridgehead atoms. The van der Waals surface area contributed by atoms with E-state index in [1.54, 1.807) is 7.11 Å². The Labute approximate surface area is 97.0 Å². The van der Waals surface area contributed by atoms with Crippen molar-refractivity contribution in [1.82, 2.24) is 0 Å². The quantitative estimate of drug-likeness (QED) is 0.750. The first-order valence-corrected chi connectivity index (χ1v) is 5.97. The second-order valence-corrected chi connectivity index (χ2v) is 4.47. The van der Waals surface area contributed by atoms with E-state index in [0.29, 0.717) is 5.69 Å². The average molecular weight is 220 g/mol. The highest BCUT2D eigenvalue weighted by atomic mass is 16.5. The molecule has 3 nitrogen and oxygen atoms in total. The van der Waals surface area contributed by atoms with Gasteiger partial charge in [-0.3, -0.25) is 0 Å². The molecule has 0 amide bonds. The lowest BCUT2D eigenvalue weighted by atomic mass is 9.83. The van der Waals surface area contributed by atoms with Gasteiger partial charge in [0.2, 0.25) is 0 Å². The van der Waals surface area contributed by atoms with Crippen LogP contribution in [0.5, 0.6) is 5.75 Å². The van der Waals surface area contributed by atoms with E-state index in [9.17, 15) is 0 Å². The predicted molar refractivity (Wildman–Crippen MR) is 67.9 cm³/mol. The summed E-state index contributed by atoms with van der Waals surface area (Å²) >= 11 is 0. The van der Waals surface area contributed by atoms with E-state index < -0.39 is 0 Å². The van der Waals surface area contributed by atoms with E-state index in [1.807, 2.05) is 18.2 Å². The first-order chi connectivity index (χ1) is 7.79. The third-order valence-corrected chi connectivity index (χ3v) is 3.34. The zero-order valence-corrected chi connectivity index (χ0v) is 9.83. The summed E-state index contributed by atoms with van der Waals surface area (Å²) in [6, 6.07) is 5.83. The van der Waals surface area contributed by atoms with Gasteiger partial charge in [-0.1, -0.05) is 19.3 Å². The van der Waals surface area contributed by atoms with Crippen molar-refractivity contribution in [2.75, 3.05) is 24.7 Å². The lowest BCUT2D eigenvalue weighted by molar-refractivity contribution is 0.303. The van der Waals surface area contributed by atoms with Crippen molar-refractivity contribution < 1.29 is 4.74 Å². The van der Waals surface area contributed by atoms with Crippen LogP contribution >= 0.6 is 0 Å². The van der Waals surface area contributed by atoms with Crippen molar-refractivity contribution in [1.29, 1.82) is 0 Å². The summed E-state index contributed by atoms with van der Waals surface area (Å²) < 4.78 is 5.18. The number of benzene rings is 1. The summed E-state index contributed by atoms with van der Waals surface area (Å²) in [5.41, 5.74) is 7.53. The maximum atomic E-state index is 5.75. The smallest absolute Gasteiger partial charge is 0.143 e. The van der Waals surface area contributed by atoms with Gasteiger partial charge >= 0.3 is 0 Å². The van der Waals surface area contributed by atoms with Crippen molar-refractivity contribution in [3.05, 3.63) is 18.2 Å². The van der Waals surface area contributed by atoms with Gasteiger partial charge in [0.1, 0.15) is 5.75 Å². The van der Waals surface area contributed by atoms with Gasteiger partial charge in [0.25, 0.3) is 0 Å². The Balaban J connectivity index is 1.83. The van der Waals surface area contributed by atoms with E-state index >= 15 is 0 Å². The number of anilines is 2. The van der Waals surface area contributed by atoms with Crippen LogP contribution in [0.3, 0.4) is 0 Å². The molecular formula is C13H20N2O. The maximum Gasteiger partial charge on any atom is 0.143 e. The number of hydrogen-bond donors (Lipinski definition) is 2. The van der Waals surface area contributed by atoms with Gasteiger partial charge in [0, 0.05) is 18.3 Å². The highest BCUT2D eigenvalue weighted by Gasteiger charge is 2.16. The van der Waals surface area contributed by atoms with Gasteiger partial charge in [0.15, 0.2) is 0 Å². The predicted octanol–water partition coefficient (Wildman–Crippen LogP) is 2.88. The number of ether oxygens (including phenoxy) is 1. The molecule has 1 aliphatic carbocycles. The van der Waals surface area contributed by atoms with Crippen LogP contribution in [0.2, 0.25) is 0 Å². The van der Waals surface area contributed by atoms with Gasteiger partial charge in [0.05, 0.1) is 12.8 Å². The summed E-state index contributed by atoms with van der Waals surface area (Å²) in [6.45, 7) is 1.04. The van der Waals surface area contributed by atoms with Crippen LogP contribution in [-0.2, 0) is 0 Å². The number of hydrogen-bond acceptors (Lipinski definition) is 3. The molecule has 88 valence electrons. The minimum atomic E-state index is 0.687. The van der Waals surface area contributed by atoms with E-state index in [4.69, 9.17) is 10.5 Å². The van der Waals surface area contributed by atoms with Crippen LogP contribution in [0.4, 0.5) is 11.4 Å². The third-order valence-electron chi connectivity index (χ3n) is 3.34. The average Bonchev–Trinajstić information content (AvgIpc) is 2.24. The van der Waals surface area contributed by atoms with Crippen LogP contribution in [0.15, 0.2) is 18.2 Å². The molecule has 1 saturated carbocycles. The molecule has 0 unspecified atom stereocenters. The number of nitrogens with two attached hydrogens (primary N) is 1. The molecule has 0 spiro atoms. The van der Waals surface area contributed by atoms with E-state index in [0.717, 1.165) is 23.9 Å². The van der Waals surface area contributed by atoms with Gasteiger partial charge in [-0.05, 0) is 24.5 Å². The first kappa shape index (κ1) is 11.1. The molecule has 0 atom stereocenters. The molecule has 0 radical (unpaired) electrons. The summed E-state index contributed by atoms with van der Waals surface area (Å²) in [6.07, 6.45) is 5.51. The Morgan fingerprint density at radius 3 is 2.88 bits per heavy atom. The lowest BCUT2D eigenvalue weighted by Gasteiger charge is -2.25. The summed E-state index contributed by atoms with van der Waals surface area (Å²) in [7, 11) is 1.64. The zero-order valence-electron chi connectivity index (χ0n) is 9.83. The normalized spacial score (nSPS) is 15.6. The van der Waals surface area contributed by atoms with Crippen LogP contribution in [0.25, 0.3) is 0 Å². The molecule has 0 saturated heterocycles. The topological polar surface area (TPSA) is 47.3 Å².